The number of hydrogen-bond acceptors (Lipinski definition) is 2. The van der Waals surface area contributed by atoms with E-state index in [4.69, 9.17) is 0 Å². The molecular formula is C13H21NO2. The molecule has 3 nitrogen and oxygen atoms in total. The normalized spacial score (nSPS) is 40.6. The Morgan fingerprint density at radius 2 is 1.81 bits per heavy atom. The van der Waals surface area contributed by atoms with Gasteiger partial charge in [-0.2, -0.15) is 0 Å². The summed E-state index contributed by atoms with van der Waals surface area (Å²) < 4.78 is 0. The van der Waals surface area contributed by atoms with Crippen LogP contribution >= 0.6 is 0 Å². The van der Waals surface area contributed by atoms with Gasteiger partial charge in [-0.15, -0.1) is 0 Å². The second-order valence-electron chi connectivity index (χ2n) is 6.11. The number of hydrogen-bond donors (Lipinski definition) is 1. The summed E-state index contributed by atoms with van der Waals surface area (Å²) in [5.41, 5.74) is -0.545. The Morgan fingerprint density at radius 1 is 1.25 bits per heavy atom. The maximum atomic E-state index is 12.2. The first-order valence-corrected chi connectivity index (χ1v) is 6.60. The van der Waals surface area contributed by atoms with E-state index in [0.29, 0.717) is 11.8 Å². The maximum absolute atomic E-state index is 12.2. The van der Waals surface area contributed by atoms with Crippen molar-refractivity contribution < 1.29 is 9.90 Å². The van der Waals surface area contributed by atoms with E-state index in [1.54, 1.807) is 0 Å². The lowest BCUT2D eigenvalue weighted by Crippen LogP contribution is -2.46. The third-order valence-corrected chi connectivity index (χ3v) is 4.84. The van der Waals surface area contributed by atoms with Crippen molar-refractivity contribution in [2.45, 2.75) is 44.6 Å². The van der Waals surface area contributed by atoms with Crippen molar-refractivity contribution in [1.82, 2.24) is 4.90 Å². The average molecular weight is 223 g/mol. The molecule has 90 valence electrons. The highest BCUT2D eigenvalue weighted by Crippen LogP contribution is 2.58. The van der Waals surface area contributed by atoms with E-state index in [2.05, 4.69) is 0 Å². The van der Waals surface area contributed by atoms with Gasteiger partial charge in [-0.1, -0.05) is 6.42 Å². The Hall–Kier alpha value is -0.570. The molecule has 2 unspecified atom stereocenters. The second kappa shape index (κ2) is 3.46. The topological polar surface area (TPSA) is 40.5 Å². The number of piperidine rings is 1. The molecule has 1 heterocycles. The number of rotatable bonds is 1. The van der Waals surface area contributed by atoms with Gasteiger partial charge in [-0.25, -0.2) is 0 Å². The number of fused-ring (bicyclic) bond motifs is 1. The Morgan fingerprint density at radius 3 is 2.38 bits per heavy atom. The Bertz CT molecular complexity index is 293. The van der Waals surface area contributed by atoms with Crippen molar-refractivity contribution in [3.63, 3.8) is 0 Å². The number of carbonyl (C=O) groups excluding carboxylic acids is 1. The van der Waals surface area contributed by atoms with Gasteiger partial charge in [0, 0.05) is 19.0 Å². The lowest BCUT2D eigenvalue weighted by Gasteiger charge is -2.36. The zero-order chi connectivity index (χ0) is 11.3. The van der Waals surface area contributed by atoms with Gasteiger partial charge < -0.3 is 10.0 Å². The highest BCUT2D eigenvalue weighted by Gasteiger charge is 2.57. The molecule has 0 aromatic rings. The van der Waals surface area contributed by atoms with Gasteiger partial charge in [-0.05, 0) is 44.4 Å². The number of aliphatic hydroxyl groups is 1. The fourth-order valence-corrected chi connectivity index (χ4v) is 3.61. The molecule has 2 atom stereocenters. The summed E-state index contributed by atoms with van der Waals surface area (Å²) in [6.07, 6.45) is 5.34. The predicted octanol–water partition coefficient (Wildman–Crippen LogP) is 1.41. The number of carbonyl (C=O) groups is 1. The van der Waals surface area contributed by atoms with Crippen LogP contribution in [-0.2, 0) is 4.79 Å². The molecule has 0 aromatic carbocycles. The molecule has 3 fully saturated rings. The van der Waals surface area contributed by atoms with Crippen molar-refractivity contribution in [2.75, 3.05) is 13.1 Å². The number of nitrogens with zero attached hydrogens (tertiary/aromatic N) is 1. The van der Waals surface area contributed by atoms with E-state index < -0.39 is 5.60 Å². The smallest absolute Gasteiger partial charge is 0.226 e. The third-order valence-electron chi connectivity index (χ3n) is 4.84. The van der Waals surface area contributed by atoms with Crippen LogP contribution in [0.3, 0.4) is 0 Å². The average Bonchev–Trinajstić information content (AvgIpc) is 2.71. The summed E-state index contributed by atoms with van der Waals surface area (Å²) >= 11 is 0. The molecule has 0 spiro atoms. The fraction of sp³-hybridized carbons (Fsp3) is 0.923. The van der Waals surface area contributed by atoms with Crippen LogP contribution in [0.1, 0.15) is 39.0 Å². The maximum Gasteiger partial charge on any atom is 0.226 e. The molecular weight excluding hydrogens is 202 g/mol. The first kappa shape index (κ1) is 10.6. The van der Waals surface area contributed by atoms with Crippen LogP contribution in [0.15, 0.2) is 0 Å². The molecule has 2 aliphatic carbocycles. The van der Waals surface area contributed by atoms with Gasteiger partial charge in [0.1, 0.15) is 0 Å². The Kier molecular flexibility index (Phi) is 2.29. The zero-order valence-corrected chi connectivity index (χ0v) is 9.98. The van der Waals surface area contributed by atoms with Gasteiger partial charge in [0.2, 0.25) is 5.91 Å². The van der Waals surface area contributed by atoms with Gasteiger partial charge in [-0.3, -0.25) is 4.79 Å². The van der Waals surface area contributed by atoms with Crippen LogP contribution in [0, 0.1) is 17.8 Å². The van der Waals surface area contributed by atoms with E-state index in [9.17, 15) is 9.90 Å². The molecule has 2 saturated carbocycles. The van der Waals surface area contributed by atoms with E-state index in [-0.39, 0.29) is 0 Å². The Labute approximate surface area is 96.8 Å². The molecule has 0 aromatic heterocycles. The van der Waals surface area contributed by atoms with Gasteiger partial charge in [0.15, 0.2) is 0 Å². The van der Waals surface area contributed by atoms with E-state index in [1.807, 2.05) is 11.8 Å². The quantitative estimate of drug-likeness (QED) is 0.730. The van der Waals surface area contributed by atoms with Crippen LogP contribution < -0.4 is 0 Å². The Balaban J connectivity index is 1.57. The van der Waals surface area contributed by atoms with E-state index in [1.165, 1.54) is 19.3 Å². The SMILES string of the molecule is CC1(O)CCN(C(=O)C2C3CCCC32)CC1. The monoisotopic (exact) mass is 223 g/mol. The fourth-order valence-electron chi connectivity index (χ4n) is 3.61. The third kappa shape index (κ3) is 1.65. The van der Waals surface area contributed by atoms with Crippen molar-refractivity contribution in [3.05, 3.63) is 0 Å². The minimum absolute atomic E-state index is 0.358. The van der Waals surface area contributed by atoms with E-state index in [0.717, 1.165) is 37.8 Å². The van der Waals surface area contributed by atoms with Gasteiger partial charge in [0.25, 0.3) is 0 Å². The van der Waals surface area contributed by atoms with Crippen molar-refractivity contribution in [1.29, 1.82) is 0 Å². The molecule has 16 heavy (non-hydrogen) atoms. The minimum atomic E-state index is -0.545. The van der Waals surface area contributed by atoms with Crippen molar-refractivity contribution in [3.8, 4) is 0 Å². The summed E-state index contributed by atoms with van der Waals surface area (Å²) in [6, 6.07) is 0. The van der Waals surface area contributed by atoms with Gasteiger partial charge in [0.05, 0.1) is 5.60 Å². The lowest BCUT2D eigenvalue weighted by atomic mass is 9.93. The number of likely N-dealkylation sites (tertiary alicyclic amines) is 1. The van der Waals surface area contributed by atoms with E-state index >= 15 is 0 Å². The summed E-state index contributed by atoms with van der Waals surface area (Å²) in [6.45, 7) is 3.38. The van der Waals surface area contributed by atoms with Crippen LogP contribution in [0.5, 0.6) is 0 Å². The zero-order valence-electron chi connectivity index (χ0n) is 9.98. The number of amides is 1. The molecule has 1 amide bonds. The highest BCUT2D eigenvalue weighted by molar-refractivity contribution is 5.82. The molecule has 0 bridgehead atoms. The summed E-state index contributed by atoms with van der Waals surface area (Å²) in [5, 5.41) is 9.85. The van der Waals surface area contributed by atoms with Crippen LogP contribution in [0.2, 0.25) is 0 Å². The molecule has 3 rings (SSSR count). The predicted molar refractivity (Wildman–Crippen MR) is 60.8 cm³/mol. The molecule has 3 heteroatoms. The molecule has 1 aliphatic heterocycles. The van der Waals surface area contributed by atoms with Crippen LogP contribution in [-0.4, -0.2) is 34.6 Å². The largest absolute Gasteiger partial charge is 0.390 e. The van der Waals surface area contributed by atoms with Crippen molar-refractivity contribution >= 4 is 5.91 Å². The summed E-state index contributed by atoms with van der Waals surface area (Å²) in [4.78, 5) is 14.2. The molecule has 1 N–H and O–H groups in total. The minimum Gasteiger partial charge on any atom is -0.390 e. The van der Waals surface area contributed by atoms with Gasteiger partial charge >= 0.3 is 0 Å². The van der Waals surface area contributed by atoms with Crippen LogP contribution in [0.25, 0.3) is 0 Å². The van der Waals surface area contributed by atoms with Crippen LogP contribution in [0.4, 0.5) is 0 Å². The first-order chi connectivity index (χ1) is 7.58. The lowest BCUT2D eigenvalue weighted by molar-refractivity contribution is -0.137. The molecule has 3 aliphatic rings. The standard InChI is InChI=1S/C13H21NO2/c1-13(16)5-7-14(8-6-13)12(15)11-9-3-2-4-10(9)11/h9-11,16H,2-8H2,1H3. The summed E-state index contributed by atoms with van der Waals surface area (Å²) in [7, 11) is 0. The first-order valence-electron chi connectivity index (χ1n) is 6.60. The highest BCUT2D eigenvalue weighted by atomic mass is 16.3. The van der Waals surface area contributed by atoms with Crippen molar-refractivity contribution in [2.24, 2.45) is 17.8 Å². The second-order valence-corrected chi connectivity index (χ2v) is 6.11. The summed E-state index contributed by atoms with van der Waals surface area (Å²) in [5.74, 6) is 2.17. The molecule has 0 radical (unpaired) electrons. The molecule has 1 saturated heterocycles.